The Bertz CT molecular complexity index is 355. The molecule has 0 N–H and O–H groups in total. The van der Waals surface area contributed by atoms with Gasteiger partial charge in [-0.25, -0.2) is 8.42 Å². The summed E-state index contributed by atoms with van der Waals surface area (Å²) < 4.78 is 29.1. The lowest BCUT2D eigenvalue weighted by molar-refractivity contribution is 0.405. The first-order valence-corrected chi connectivity index (χ1v) is 5.27. The quantitative estimate of drug-likeness (QED) is 0.727. The van der Waals surface area contributed by atoms with Crippen molar-refractivity contribution in [3.05, 3.63) is 12.5 Å². The molecule has 0 saturated heterocycles. The van der Waals surface area contributed by atoms with Crippen LogP contribution in [0.25, 0.3) is 0 Å². The maximum absolute atomic E-state index is 11.7. The van der Waals surface area contributed by atoms with Crippen molar-refractivity contribution in [3.8, 4) is 0 Å². The highest BCUT2D eigenvalue weighted by atomic mass is 32.2. The van der Waals surface area contributed by atoms with E-state index in [1.165, 1.54) is 17.5 Å². The van der Waals surface area contributed by atoms with Crippen molar-refractivity contribution in [2.75, 3.05) is 7.05 Å². The van der Waals surface area contributed by atoms with E-state index in [2.05, 4.69) is 9.68 Å². The molecule has 0 aliphatic rings. The van der Waals surface area contributed by atoms with Crippen LogP contribution in [0.5, 0.6) is 0 Å². The van der Waals surface area contributed by atoms with Gasteiger partial charge in [0.1, 0.15) is 11.2 Å². The summed E-state index contributed by atoms with van der Waals surface area (Å²) in [6.45, 7) is 3.59. The summed E-state index contributed by atoms with van der Waals surface area (Å²) in [5, 5.41) is 3.35. The van der Waals surface area contributed by atoms with Gasteiger partial charge in [0.25, 0.3) is 0 Å². The van der Waals surface area contributed by atoms with E-state index >= 15 is 0 Å². The molecule has 0 saturated carbocycles. The predicted octanol–water partition coefficient (Wildman–Crippen LogP) is 0.704. The van der Waals surface area contributed by atoms with Crippen LogP contribution in [-0.4, -0.2) is 31.0 Å². The largest absolute Gasteiger partial charge is 0.363 e. The van der Waals surface area contributed by atoms with Crippen LogP contribution in [0, 0.1) is 0 Å². The fraction of sp³-hybridized carbons (Fsp3) is 0.571. The number of sulfonamides is 1. The Balaban J connectivity index is 3.04. The van der Waals surface area contributed by atoms with Gasteiger partial charge in [-0.15, -0.1) is 0 Å². The van der Waals surface area contributed by atoms with Gasteiger partial charge >= 0.3 is 0 Å². The van der Waals surface area contributed by atoms with E-state index in [1.807, 2.05) is 0 Å². The van der Waals surface area contributed by atoms with Gasteiger partial charge in [-0.2, -0.15) is 4.31 Å². The Labute approximate surface area is 77.4 Å². The van der Waals surface area contributed by atoms with E-state index in [1.54, 1.807) is 13.8 Å². The first-order chi connectivity index (χ1) is 5.96. The van der Waals surface area contributed by atoms with Crippen molar-refractivity contribution in [3.63, 3.8) is 0 Å². The second-order valence-corrected chi connectivity index (χ2v) is 4.97. The second-order valence-electron chi connectivity index (χ2n) is 2.98. The van der Waals surface area contributed by atoms with E-state index < -0.39 is 10.0 Å². The molecule has 0 atom stereocenters. The molecule has 0 spiro atoms. The number of hydrogen-bond donors (Lipinski definition) is 0. The number of aromatic nitrogens is 1. The second kappa shape index (κ2) is 3.47. The molecule has 1 heterocycles. The fourth-order valence-electron chi connectivity index (χ4n) is 0.766. The zero-order valence-corrected chi connectivity index (χ0v) is 8.58. The van der Waals surface area contributed by atoms with E-state index in [0.717, 1.165) is 6.26 Å². The highest BCUT2D eigenvalue weighted by Gasteiger charge is 2.24. The standard InChI is InChI=1S/C7H12N2O3S/c1-6(2)9(3)13(10,11)7-4-8-12-5-7/h4-6H,1-3H3. The SMILES string of the molecule is CC(C)N(C)S(=O)(=O)c1cnoc1. The lowest BCUT2D eigenvalue weighted by Gasteiger charge is -2.19. The maximum atomic E-state index is 11.7. The van der Waals surface area contributed by atoms with E-state index in [4.69, 9.17) is 0 Å². The van der Waals surface area contributed by atoms with Crippen LogP contribution in [0.15, 0.2) is 21.9 Å². The van der Waals surface area contributed by atoms with Gasteiger partial charge in [-0.05, 0) is 13.8 Å². The molecular weight excluding hydrogens is 192 g/mol. The monoisotopic (exact) mass is 204 g/mol. The summed E-state index contributed by atoms with van der Waals surface area (Å²) in [5.74, 6) is 0. The van der Waals surface area contributed by atoms with Crippen molar-refractivity contribution < 1.29 is 12.9 Å². The molecular formula is C7H12N2O3S. The minimum Gasteiger partial charge on any atom is -0.363 e. The summed E-state index contributed by atoms with van der Waals surface area (Å²) in [6.07, 6.45) is 2.31. The number of rotatable bonds is 3. The normalized spacial score (nSPS) is 12.7. The summed E-state index contributed by atoms with van der Waals surface area (Å²) in [7, 11) is -1.90. The van der Waals surface area contributed by atoms with Crippen molar-refractivity contribution in [2.45, 2.75) is 24.8 Å². The molecule has 74 valence electrons. The van der Waals surface area contributed by atoms with E-state index in [0.29, 0.717) is 0 Å². The molecule has 1 rings (SSSR count). The predicted molar refractivity (Wildman–Crippen MR) is 46.6 cm³/mol. The van der Waals surface area contributed by atoms with Crippen LogP contribution >= 0.6 is 0 Å². The van der Waals surface area contributed by atoms with Crippen molar-refractivity contribution in [1.82, 2.24) is 9.46 Å². The first kappa shape index (κ1) is 10.2. The zero-order chi connectivity index (χ0) is 10.1. The van der Waals surface area contributed by atoms with Gasteiger partial charge in [0.2, 0.25) is 10.0 Å². The maximum Gasteiger partial charge on any atom is 0.247 e. The molecule has 0 bridgehead atoms. The van der Waals surface area contributed by atoms with Crippen molar-refractivity contribution in [1.29, 1.82) is 0 Å². The van der Waals surface area contributed by atoms with Crippen molar-refractivity contribution >= 4 is 10.0 Å². The Hall–Kier alpha value is -0.880. The Morgan fingerprint density at radius 3 is 2.54 bits per heavy atom. The molecule has 1 aromatic heterocycles. The van der Waals surface area contributed by atoms with Crippen molar-refractivity contribution in [2.24, 2.45) is 0 Å². The fourth-order valence-corrected chi connectivity index (χ4v) is 1.99. The molecule has 13 heavy (non-hydrogen) atoms. The van der Waals surface area contributed by atoms with Gasteiger partial charge in [-0.3, -0.25) is 0 Å². The molecule has 0 aliphatic carbocycles. The summed E-state index contributed by atoms with van der Waals surface area (Å²) in [5.41, 5.74) is 0. The molecule has 5 nitrogen and oxygen atoms in total. The van der Waals surface area contributed by atoms with Crippen LogP contribution in [0.1, 0.15) is 13.8 Å². The summed E-state index contributed by atoms with van der Waals surface area (Å²) >= 11 is 0. The minimum atomic E-state index is -3.42. The van der Waals surface area contributed by atoms with Crippen LogP contribution in [0.4, 0.5) is 0 Å². The number of hydrogen-bond acceptors (Lipinski definition) is 4. The first-order valence-electron chi connectivity index (χ1n) is 3.83. The molecule has 0 fully saturated rings. The Kier molecular flexibility index (Phi) is 2.72. The van der Waals surface area contributed by atoms with Gasteiger partial charge in [0.05, 0.1) is 6.20 Å². The molecule has 0 unspecified atom stereocenters. The molecule has 0 aliphatic heterocycles. The Morgan fingerprint density at radius 2 is 2.15 bits per heavy atom. The van der Waals surface area contributed by atoms with E-state index in [9.17, 15) is 8.42 Å². The van der Waals surface area contributed by atoms with Crippen LogP contribution in [-0.2, 0) is 10.0 Å². The van der Waals surface area contributed by atoms with Gasteiger partial charge in [0, 0.05) is 13.1 Å². The summed E-state index contributed by atoms with van der Waals surface area (Å²) in [4.78, 5) is 0.0868. The van der Waals surface area contributed by atoms with Crippen LogP contribution in [0.3, 0.4) is 0 Å². The highest BCUT2D eigenvalue weighted by Crippen LogP contribution is 2.14. The zero-order valence-electron chi connectivity index (χ0n) is 7.76. The third-order valence-corrected chi connectivity index (χ3v) is 3.79. The lowest BCUT2D eigenvalue weighted by Crippen LogP contribution is -2.32. The topological polar surface area (TPSA) is 63.4 Å². The van der Waals surface area contributed by atoms with E-state index in [-0.39, 0.29) is 10.9 Å². The molecule has 6 heteroatoms. The summed E-state index contributed by atoms with van der Waals surface area (Å²) in [6, 6.07) is -0.0834. The molecule has 0 radical (unpaired) electrons. The number of nitrogens with zero attached hydrogens (tertiary/aromatic N) is 2. The average Bonchev–Trinajstić information content (AvgIpc) is 2.54. The highest BCUT2D eigenvalue weighted by molar-refractivity contribution is 7.89. The molecule has 0 amide bonds. The van der Waals surface area contributed by atoms with Gasteiger partial charge in [-0.1, -0.05) is 5.16 Å². The Morgan fingerprint density at radius 1 is 1.54 bits per heavy atom. The molecule has 0 aromatic carbocycles. The average molecular weight is 204 g/mol. The van der Waals surface area contributed by atoms with Gasteiger partial charge in [0.15, 0.2) is 0 Å². The third-order valence-electron chi connectivity index (χ3n) is 1.81. The lowest BCUT2D eigenvalue weighted by atomic mass is 10.4. The van der Waals surface area contributed by atoms with Crippen LogP contribution < -0.4 is 0 Å². The smallest absolute Gasteiger partial charge is 0.247 e. The minimum absolute atomic E-state index is 0.0834. The third kappa shape index (κ3) is 1.89. The van der Waals surface area contributed by atoms with Gasteiger partial charge < -0.3 is 4.52 Å². The van der Waals surface area contributed by atoms with Crippen LogP contribution in [0.2, 0.25) is 0 Å². The molecule has 1 aromatic rings.